The molecule has 130 valence electrons. The molecule has 1 aliphatic heterocycles. The number of ether oxygens (including phenoxy) is 2. The second-order valence-corrected chi connectivity index (χ2v) is 7.06. The van der Waals surface area contributed by atoms with Gasteiger partial charge in [0.25, 0.3) is 0 Å². The monoisotopic (exact) mass is 337 g/mol. The second kappa shape index (κ2) is 7.01. The molecule has 4 heteroatoms. The Morgan fingerprint density at radius 2 is 1.80 bits per heavy atom. The summed E-state index contributed by atoms with van der Waals surface area (Å²) in [7, 11) is 0. The summed E-state index contributed by atoms with van der Waals surface area (Å²) in [6, 6.07) is 13.6. The summed E-state index contributed by atoms with van der Waals surface area (Å²) in [6.45, 7) is 7.59. The molecule has 3 rings (SSSR count). The van der Waals surface area contributed by atoms with Crippen molar-refractivity contribution in [3.05, 3.63) is 59.7 Å². The van der Waals surface area contributed by atoms with Gasteiger partial charge in [-0.25, -0.2) is 0 Å². The molecule has 0 spiro atoms. The Balaban J connectivity index is 1.67. The number of rotatable bonds is 3. The lowest BCUT2D eigenvalue weighted by molar-refractivity contribution is -0.111. The van der Waals surface area contributed by atoms with E-state index in [-0.39, 0.29) is 11.3 Å². The standard InChI is InChI=1S/C21H23NO3/c1-21(2,3)16-6-4-5-15(13-16)7-10-20(23)22-17-8-9-18-19(14-17)25-12-11-24-18/h4-10,13-14H,11-12H2,1-3H3,(H,22,23). The van der Waals surface area contributed by atoms with Crippen LogP contribution in [0.4, 0.5) is 5.69 Å². The molecule has 1 N–H and O–H groups in total. The smallest absolute Gasteiger partial charge is 0.248 e. The number of anilines is 1. The van der Waals surface area contributed by atoms with Crippen LogP contribution in [0.5, 0.6) is 11.5 Å². The summed E-state index contributed by atoms with van der Waals surface area (Å²) in [5, 5.41) is 2.85. The Labute approximate surface area is 148 Å². The van der Waals surface area contributed by atoms with E-state index < -0.39 is 0 Å². The highest BCUT2D eigenvalue weighted by Gasteiger charge is 2.13. The van der Waals surface area contributed by atoms with E-state index in [4.69, 9.17) is 9.47 Å². The molecular formula is C21H23NO3. The van der Waals surface area contributed by atoms with Crippen LogP contribution < -0.4 is 14.8 Å². The van der Waals surface area contributed by atoms with Crippen molar-refractivity contribution < 1.29 is 14.3 Å². The molecular weight excluding hydrogens is 314 g/mol. The topological polar surface area (TPSA) is 47.6 Å². The van der Waals surface area contributed by atoms with Crippen molar-refractivity contribution in [2.24, 2.45) is 0 Å². The number of carbonyl (C=O) groups is 1. The van der Waals surface area contributed by atoms with E-state index in [2.05, 4.69) is 38.2 Å². The van der Waals surface area contributed by atoms with Crippen LogP contribution in [-0.4, -0.2) is 19.1 Å². The molecule has 0 aliphatic carbocycles. The summed E-state index contributed by atoms with van der Waals surface area (Å²) in [5.41, 5.74) is 3.01. The predicted octanol–water partition coefficient (Wildman–Crippen LogP) is 4.41. The zero-order valence-corrected chi connectivity index (χ0v) is 14.8. The van der Waals surface area contributed by atoms with E-state index in [0.717, 1.165) is 5.56 Å². The fourth-order valence-electron chi connectivity index (χ4n) is 2.59. The summed E-state index contributed by atoms with van der Waals surface area (Å²) >= 11 is 0. The minimum atomic E-state index is -0.183. The first-order valence-electron chi connectivity index (χ1n) is 8.41. The summed E-state index contributed by atoms with van der Waals surface area (Å²) in [4.78, 5) is 12.2. The van der Waals surface area contributed by atoms with Gasteiger partial charge in [0.2, 0.25) is 5.91 Å². The SMILES string of the molecule is CC(C)(C)c1cccc(C=CC(=O)Nc2ccc3c(c2)OCCO3)c1. The van der Waals surface area contributed by atoms with E-state index >= 15 is 0 Å². The van der Waals surface area contributed by atoms with Gasteiger partial charge in [-0.1, -0.05) is 45.0 Å². The van der Waals surface area contributed by atoms with Gasteiger partial charge in [0, 0.05) is 17.8 Å². The van der Waals surface area contributed by atoms with Crippen LogP contribution in [0.2, 0.25) is 0 Å². The van der Waals surface area contributed by atoms with Gasteiger partial charge in [-0.15, -0.1) is 0 Å². The first-order valence-corrected chi connectivity index (χ1v) is 8.41. The van der Waals surface area contributed by atoms with Crippen LogP contribution in [0, 0.1) is 0 Å². The van der Waals surface area contributed by atoms with E-state index in [1.165, 1.54) is 5.56 Å². The number of amides is 1. The largest absolute Gasteiger partial charge is 0.486 e. The summed E-state index contributed by atoms with van der Waals surface area (Å²) in [5.74, 6) is 1.18. The van der Waals surface area contributed by atoms with Gasteiger partial charge < -0.3 is 14.8 Å². The number of fused-ring (bicyclic) bond motifs is 1. The van der Waals surface area contributed by atoms with E-state index in [1.807, 2.05) is 18.2 Å². The first-order chi connectivity index (χ1) is 11.9. The quantitative estimate of drug-likeness (QED) is 0.844. The van der Waals surface area contributed by atoms with E-state index in [0.29, 0.717) is 30.4 Å². The van der Waals surface area contributed by atoms with Crippen LogP contribution in [0.25, 0.3) is 6.08 Å². The minimum absolute atomic E-state index is 0.0807. The van der Waals surface area contributed by atoms with Gasteiger partial charge in [-0.3, -0.25) is 4.79 Å². The molecule has 0 saturated carbocycles. The van der Waals surface area contributed by atoms with E-state index in [9.17, 15) is 4.79 Å². The second-order valence-electron chi connectivity index (χ2n) is 7.06. The molecule has 0 fully saturated rings. The Morgan fingerprint density at radius 3 is 2.56 bits per heavy atom. The normalized spacial score (nSPS) is 13.7. The molecule has 0 saturated heterocycles. The Bertz CT molecular complexity index is 803. The molecule has 2 aromatic carbocycles. The van der Waals surface area contributed by atoms with E-state index in [1.54, 1.807) is 24.3 Å². The molecule has 25 heavy (non-hydrogen) atoms. The van der Waals surface area contributed by atoms with Gasteiger partial charge in [-0.05, 0) is 34.8 Å². The molecule has 0 unspecified atom stereocenters. The van der Waals surface area contributed by atoms with Crippen molar-refractivity contribution in [3.8, 4) is 11.5 Å². The van der Waals surface area contributed by atoms with Crippen LogP contribution >= 0.6 is 0 Å². The average molecular weight is 337 g/mol. The highest BCUT2D eigenvalue weighted by molar-refractivity contribution is 6.02. The maximum absolute atomic E-state index is 12.2. The maximum Gasteiger partial charge on any atom is 0.248 e. The number of benzene rings is 2. The number of nitrogens with one attached hydrogen (secondary N) is 1. The number of hydrogen-bond donors (Lipinski definition) is 1. The molecule has 4 nitrogen and oxygen atoms in total. The van der Waals surface area contributed by atoms with Gasteiger partial charge in [0.05, 0.1) is 0 Å². The molecule has 1 heterocycles. The molecule has 0 radical (unpaired) electrons. The minimum Gasteiger partial charge on any atom is -0.486 e. The lowest BCUT2D eigenvalue weighted by atomic mass is 9.86. The van der Waals surface area contributed by atoms with Gasteiger partial charge in [0.15, 0.2) is 11.5 Å². The lowest BCUT2D eigenvalue weighted by Crippen LogP contribution is -2.16. The zero-order valence-electron chi connectivity index (χ0n) is 14.8. The molecule has 2 aromatic rings. The van der Waals surface area contributed by atoms with Crippen molar-refractivity contribution in [1.82, 2.24) is 0 Å². The van der Waals surface area contributed by atoms with Crippen LogP contribution in [0.1, 0.15) is 31.9 Å². The fraction of sp³-hybridized carbons (Fsp3) is 0.286. The predicted molar refractivity (Wildman–Crippen MR) is 100 cm³/mol. The van der Waals surface area contributed by atoms with Crippen LogP contribution in [-0.2, 0) is 10.2 Å². The molecule has 1 aliphatic rings. The van der Waals surface area contributed by atoms with Gasteiger partial charge in [0.1, 0.15) is 13.2 Å². The fourth-order valence-corrected chi connectivity index (χ4v) is 2.59. The third kappa shape index (κ3) is 4.41. The number of carbonyl (C=O) groups excluding carboxylic acids is 1. The highest BCUT2D eigenvalue weighted by Crippen LogP contribution is 2.32. The third-order valence-electron chi connectivity index (χ3n) is 3.99. The zero-order chi connectivity index (χ0) is 17.9. The Hall–Kier alpha value is -2.75. The Morgan fingerprint density at radius 1 is 1.04 bits per heavy atom. The highest BCUT2D eigenvalue weighted by atomic mass is 16.6. The van der Waals surface area contributed by atoms with Crippen molar-refractivity contribution >= 4 is 17.7 Å². The van der Waals surface area contributed by atoms with Crippen LogP contribution in [0.15, 0.2) is 48.5 Å². The van der Waals surface area contributed by atoms with Crippen LogP contribution in [0.3, 0.4) is 0 Å². The van der Waals surface area contributed by atoms with Crippen molar-refractivity contribution in [2.75, 3.05) is 18.5 Å². The van der Waals surface area contributed by atoms with Crippen molar-refractivity contribution in [2.45, 2.75) is 26.2 Å². The van der Waals surface area contributed by atoms with Crippen molar-refractivity contribution in [3.63, 3.8) is 0 Å². The number of hydrogen-bond acceptors (Lipinski definition) is 3. The molecule has 0 bridgehead atoms. The maximum atomic E-state index is 12.2. The summed E-state index contributed by atoms with van der Waals surface area (Å²) < 4.78 is 11.0. The molecule has 1 amide bonds. The average Bonchev–Trinajstić information content (AvgIpc) is 2.59. The third-order valence-corrected chi connectivity index (χ3v) is 3.99. The Kier molecular flexibility index (Phi) is 4.79. The summed E-state index contributed by atoms with van der Waals surface area (Å²) in [6.07, 6.45) is 3.36. The molecule has 0 atom stereocenters. The van der Waals surface area contributed by atoms with Gasteiger partial charge in [-0.2, -0.15) is 0 Å². The van der Waals surface area contributed by atoms with Gasteiger partial charge >= 0.3 is 0 Å². The first kappa shape index (κ1) is 17.1. The lowest BCUT2D eigenvalue weighted by Gasteiger charge is -2.19. The molecule has 0 aromatic heterocycles. The van der Waals surface area contributed by atoms with Crippen molar-refractivity contribution in [1.29, 1.82) is 0 Å².